The first-order chi connectivity index (χ1) is 8.10. The molecule has 1 N–H and O–H groups in total. The van der Waals surface area contributed by atoms with Gasteiger partial charge in [0.05, 0.1) is 0 Å². The number of rotatable bonds is 5. The molecule has 1 aromatic carbocycles. The molecule has 0 atom stereocenters. The number of hydrogen-bond donors (Lipinski definition) is 1. The molecule has 3 heteroatoms. The van der Waals surface area contributed by atoms with Gasteiger partial charge in [-0.3, -0.25) is 0 Å². The molecule has 0 saturated carbocycles. The number of benzene rings is 1. The SMILES string of the molecule is CCCc1c(C)ccc(OC(=O)O)c1CCC. The summed E-state index contributed by atoms with van der Waals surface area (Å²) in [5, 5.41) is 8.73. The topological polar surface area (TPSA) is 46.5 Å². The van der Waals surface area contributed by atoms with Crippen LogP contribution < -0.4 is 4.74 Å². The Bertz CT molecular complexity index is 397. The molecule has 0 fully saturated rings. The quantitative estimate of drug-likeness (QED) is 0.621. The molecule has 3 nitrogen and oxygen atoms in total. The van der Waals surface area contributed by atoms with E-state index >= 15 is 0 Å². The summed E-state index contributed by atoms with van der Waals surface area (Å²) in [5.74, 6) is 0.494. The minimum Gasteiger partial charge on any atom is -0.449 e. The maximum atomic E-state index is 10.7. The van der Waals surface area contributed by atoms with Crippen molar-refractivity contribution >= 4 is 6.16 Å². The zero-order valence-corrected chi connectivity index (χ0v) is 10.7. The lowest BCUT2D eigenvalue weighted by Crippen LogP contribution is -2.08. The van der Waals surface area contributed by atoms with Crippen molar-refractivity contribution < 1.29 is 14.6 Å². The molecule has 0 aliphatic heterocycles. The van der Waals surface area contributed by atoms with Gasteiger partial charge in [0, 0.05) is 0 Å². The highest BCUT2D eigenvalue weighted by Crippen LogP contribution is 2.28. The molecule has 17 heavy (non-hydrogen) atoms. The minimum atomic E-state index is -1.24. The Morgan fingerprint density at radius 2 is 1.76 bits per heavy atom. The van der Waals surface area contributed by atoms with Crippen molar-refractivity contribution in [2.45, 2.75) is 46.5 Å². The lowest BCUT2D eigenvalue weighted by atomic mass is 9.94. The van der Waals surface area contributed by atoms with Crippen LogP contribution in [0.15, 0.2) is 12.1 Å². The van der Waals surface area contributed by atoms with Gasteiger partial charge in [0.15, 0.2) is 0 Å². The van der Waals surface area contributed by atoms with Gasteiger partial charge in [0.25, 0.3) is 0 Å². The van der Waals surface area contributed by atoms with Gasteiger partial charge in [0.1, 0.15) is 5.75 Å². The van der Waals surface area contributed by atoms with Gasteiger partial charge < -0.3 is 9.84 Å². The van der Waals surface area contributed by atoms with Crippen LogP contribution in [0.4, 0.5) is 4.79 Å². The number of hydrogen-bond acceptors (Lipinski definition) is 2. The van der Waals surface area contributed by atoms with Gasteiger partial charge in [-0.15, -0.1) is 0 Å². The summed E-state index contributed by atoms with van der Waals surface area (Å²) in [7, 11) is 0. The highest BCUT2D eigenvalue weighted by atomic mass is 16.7. The van der Waals surface area contributed by atoms with Crippen molar-refractivity contribution in [1.29, 1.82) is 0 Å². The first-order valence-electron chi connectivity index (χ1n) is 6.12. The summed E-state index contributed by atoms with van der Waals surface area (Å²) in [6.45, 7) is 6.27. The number of carbonyl (C=O) groups is 1. The van der Waals surface area contributed by atoms with Crippen LogP contribution >= 0.6 is 0 Å². The van der Waals surface area contributed by atoms with Gasteiger partial charge in [-0.1, -0.05) is 32.8 Å². The van der Waals surface area contributed by atoms with Crippen LogP contribution in [0.5, 0.6) is 5.75 Å². The summed E-state index contributed by atoms with van der Waals surface area (Å²) in [4.78, 5) is 10.7. The summed E-state index contributed by atoms with van der Waals surface area (Å²) in [6, 6.07) is 3.69. The molecular formula is C14H20O3. The fourth-order valence-corrected chi connectivity index (χ4v) is 2.10. The van der Waals surface area contributed by atoms with E-state index in [-0.39, 0.29) is 0 Å². The molecule has 0 bridgehead atoms. The largest absolute Gasteiger partial charge is 0.511 e. The first kappa shape index (κ1) is 13.6. The van der Waals surface area contributed by atoms with Gasteiger partial charge in [-0.05, 0) is 42.5 Å². The zero-order chi connectivity index (χ0) is 12.8. The first-order valence-corrected chi connectivity index (χ1v) is 6.12. The van der Waals surface area contributed by atoms with Crippen LogP contribution in [-0.2, 0) is 12.8 Å². The summed E-state index contributed by atoms with van der Waals surface area (Å²) in [6.07, 6.45) is 2.62. The van der Waals surface area contributed by atoms with E-state index in [0.717, 1.165) is 31.2 Å². The summed E-state index contributed by atoms with van der Waals surface area (Å²) < 4.78 is 4.86. The van der Waals surface area contributed by atoms with Crippen LogP contribution in [-0.4, -0.2) is 11.3 Å². The second-order valence-electron chi connectivity index (χ2n) is 4.21. The van der Waals surface area contributed by atoms with Gasteiger partial charge in [-0.25, -0.2) is 4.79 Å². The van der Waals surface area contributed by atoms with Crippen molar-refractivity contribution in [1.82, 2.24) is 0 Å². The smallest absolute Gasteiger partial charge is 0.449 e. The summed E-state index contributed by atoms with van der Waals surface area (Å²) >= 11 is 0. The fraction of sp³-hybridized carbons (Fsp3) is 0.500. The van der Waals surface area contributed by atoms with Gasteiger partial charge in [0.2, 0.25) is 0 Å². The molecule has 1 rings (SSSR count). The third-order valence-corrected chi connectivity index (χ3v) is 2.82. The Labute approximate surface area is 102 Å². The van der Waals surface area contributed by atoms with E-state index in [0.29, 0.717) is 5.75 Å². The molecular weight excluding hydrogens is 216 g/mol. The van der Waals surface area contributed by atoms with E-state index in [4.69, 9.17) is 9.84 Å². The standard InChI is InChI=1S/C14H20O3/c1-4-6-11-10(3)8-9-13(17-14(15)16)12(11)7-5-2/h8-9H,4-7H2,1-3H3,(H,15,16). The van der Waals surface area contributed by atoms with E-state index in [1.165, 1.54) is 11.1 Å². The number of aryl methyl sites for hydroxylation is 1. The Hall–Kier alpha value is -1.51. The Morgan fingerprint density at radius 3 is 2.29 bits per heavy atom. The molecule has 0 heterocycles. The van der Waals surface area contributed by atoms with Gasteiger partial charge >= 0.3 is 6.16 Å². The van der Waals surface area contributed by atoms with Crippen molar-refractivity contribution in [2.75, 3.05) is 0 Å². The number of carboxylic acid groups (broad SMARTS) is 1. The van der Waals surface area contributed by atoms with Crippen molar-refractivity contribution in [3.8, 4) is 5.75 Å². The molecule has 1 aromatic rings. The van der Waals surface area contributed by atoms with E-state index in [1.54, 1.807) is 6.07 Å². The Kier molecular flexibility index (Phi) is 5.01. The lowest BCUT2D eigenvalue weighted by molar-refractivity contribution is 0.144. The summed E-state index contributed by atoms with van der Waals surface area (Å²) in [5.41, 5.74) is 3.51. The third-order valence-electron chi connectivity index (χ3n) is 2.82. The van der Waals surface area contributed by atoms with E-state index < -0.39 is 6.16 Å². The van der Waals surface area contributed by atoms with E-state index in [2.05, 4.69) is 20.8 Å². The average Bonchev–Trinajstić information content (AvgIpc) is 2.27. The van der Waals surface area contributed by atoms with Crippen LogP contribution in [0.25, 0.3) is 0 Å². The molecule has 0 aromatic heterocycles. The normalized spacial score (nSPS) is 10.3. The highest BCUT2D eigenvalue weighted by molar-refractivity contribution is 5.63. The highest BCUT2D eigenvalue weighted by Gasteiger charge is 2.13. The fourth-order valence-electron chi connectivity index (χ4n) is 2.10. The van der Waals surface area contributed by atoms with Gasteiger partial charge in [-0.2, -0.15) is 0 Å². The van der Waals surface area contributed by atoms with Crippen LogP contribution in [0.2, 0.25) is 0 Å². The molecule has 0 radical (unpaired) electrons. The monoisotopic (exact) mass is 236 g/mol. The van der Waals surface area contributed by atoms with E-state index in [9.17, 15) is 4.79 Å². The van der Waals surface area contributed by atoms with Crippen molar-refractivity contribution in [3.63, 3.8) is 0 Å². The third kappa shape index (κ3) is 3.48. The molecule has 94 valence electrons. The van der Waals surface area contributed by atoms with Crippen LogP contribution in [0, 0.1) is 6.92 Å². The minimum absolute atomic E-state index is 0.494. The average molecular weight is 236 g/mol. The number of ether oxygens (including phenoxy) is 1. The predicted octanol–water partition coefficient (Wildman–Crippen LogP) is 3.96. The molecule has 0 aliphatic rings. The molecule has 0 spiro atoms. The maximum Gasteiger partial charge on any atom is 0.511 e. The van der Waals surface area contributed by atoms with Crippen molar-refractivity contribution in [2.24, 2.45) is 0 Å². The van der Waals surface area contributed by atoms with Crippen LogP contribution in [0.3, 0.4) is 0 Å². The molecule has 0 amide bonds. The van der Waals surface area contributed by atoms with E-state index in [1.807, 2.05) is 6.07 Å². The maximum absolute atomic E-state index is 10.7. The second kappa shape index (κ2) is 6.28. The van der Waals surface area contributed by atoms with Crippen molar-refractivity contribution in [3.05, 3.63) is 28.8 Å². The Balaban J connectivity index is 3.19. The lowest BCUT2D eigenvalue weighted by Gasteiger charge is -2.15. The van der Waals surface area contributed by atoms with Crippen LogP contribution in [0.1, 0.15) is 43.4 Å². The second-order valence-corrected chi connectivity index (χ2v) is 4.21. The predicted molar refractivity (Wildman–Crippen MR) is 67.8 cm³/mol. The zero-order valence-electron chi connectivity index (χ0n) is 10.7. The Morgan fingerprint density at radius 1 is 1.18 bits per heavy atom. The molecule has 0 unspecified atom stereocenters. The molecule has 0 aliphatic carbocycles. The molecule has 0 saturated heterocycles.